The lowest BCUT2D eigenvalue weighted by molar-refractivity contribution is -0.379. The summed E-state index contributed by atoms with van der Waals surface area (Å²) in [5.74, 6) is -0.296. The van der Waals surface area contributed by atoms with Gasteiger partial charge in [-0.2, -0.15) is 0 Å². The molecule has 0 aromatic carbocycles. The van der Waals surface area contributed by atoms with Crippen LogP contribution in [0.2, 0.25) is 0 Å². The normalized spacial score (nSPS) is 27.9. The van der Waals surface area contributed by atoms with Crippen LogP contribution in [0, 0.1) is 0 Å². The molecule has 12 N–H and O–H groups in total. The minimum atomic E-state index is -1.99. The predicted molar refractivity (Wildman–Crippen MR) is 373 cm³/mol. The van der Waals surface area contributed by atoms with Gasteiger partial charge in [-0.15, -0.1) is 0 Å². The number of hydrogen-bond acceptors (Lipinski definition) is 18. The summed E-state index contributed by atoms with van der Waals surface area (Å²) in [4.78, 5) is 13.4. The van der Waals surface area contributed by atoms with Crippen molar-refractivity contribution < 1.29 is 89.4 Å². The van der Waals surface area contributed by atoms with Gasteiger partial charge in [-0.3, -0.25) is 4.79 Å². The average molecular weight is 1340 g/mol. The third-order valence-electron chi connectivity index (χ3n) is 17.2. The highest BCUT2D eigenvalue weighted by atomic mass is 16.8. The first kappa shape index (κ1) is 85.4. The molecule has 95 heavy (non-hydrogen) atoms. The van der Waals surface area contributed by atoms with E-state index in [4.69, 9.17) is 28.4 Å². The molecule has 3 saturated heterocycles. The van der Waals surface area contributed by atoms with Crippen molar-refractivity contribution in [3.05, 3.63) is 122 Å². The molecule has 0 bridgehead atoms. The number of nitrogens with one attached hydrogen (secondary N) is 1. The van der Waals surface area contributed by atoms with Gasteiger partial charge in [0.1, 0.15) is 73.2 Å². The maximum absolute atomic E-state index is 13.4. The smallest absolute Gasteiger partial charge is 0.220 e. The van der Waals surface area contributed by atoms with Gasteiger partial charge >= 0.3 is 0 Å². The molecule has 3 aliphatic heterocycles. The Morgan fingerprint density at radius 3 is 1.18 bits per heavy atom. The van der Waals surface area contributed by atoms with Crippen LogP contribution in [-0.4, -0.2) is 193 Å². The number of aliphatic hydroxyl groups is 11. The van der Waals surface area contributed by atoms with Crippen LogP contribution in [0.4, 0.5) is 0 Å². The molecule has 0 aromatic heterocycles. The fraction of sp³-hybridized carbons (Fsp3) is 0.724. The summed E-state index contributed by atoms with van der Waals surface area (Å²) in [7, 11) is 0. The fourth-order valence-corrected chi connectivity index (χ4v) is 11.4. The Balaban J connectivity index is 1.38. The van der Waals surface area contributed by atoms with Gasteiger partial charge in [-0.25, -0.2) is 0 Å². The topological polar surface area (TPSA) is 307 Å². The van der Waals surface area contributed by atoms with Crippen molar-refractivity contribution in [3.8, 4) is 0 Å². The molecule has 1 amide bonds. The summed E-state index contributed by atoms with van der Waals surface area (Å²) in [6.45, 7) is 1.57. The van der Waals surface area contributed by atoms with Crippen LogP contribution in [-0.2, 0) is 33.2 Å². The van der Waals surface area contributed by atoms with E-state index >= 15 is 0 Å². The van der Waals surface area contributed by atoms with E-state index in [0.717, 1.165) is 103 Å². The molecule has 0 spiro atoms. The Labute approximate surface area is 569 Å². The largest absolute Gasteiger partial charge is 0.394 e. The SMILES string of the molecule is CC/C=C\C/C=C\C/C=C\C/C=C\C/C=C\C/C=C\C/C=C\C/C=C\CCCCCCCCCCCCC(=O)NC(COC1OC(CO)C(OC2OC(CO)C(OC3OC(CO)C(O)C(O)C3O)C(O)C2O)C(O)C1O)C(O)/C=C/CC/C=C/CCCCCCCCCCC. The van der Waals surface area contributed by atoms with Gasteiger partial charge in [0.15, 0.2) is 18.9 Å². The first-order valence-electron chi connectivity index (χ1n) is 36.3. The van der Waals surface area contributed by atoms with Gasteiger partial charge < -0.3 is 89.9 Å². The molecule has 544 valence electrons. The third-order valence-corrected chi connectivity index (χ3v) is 17.2. The number of amides is 1. The van der Waals surface area contributed by atoms with Crippen LogP contribution in [0.15, 0.2) is 122 Å². The molecule has 0 aromatic rings. The second-order valence-electron chi connectivity index (χ2n) is 25.3. The van der Waals surface area contributed by atoms with Gasteiger partial charge in [-0.05, 0) is 96.3 Å². The van der Waals surface area contributed by atoms with Crippen molar-refractivity contribution in [1.82, 2.24) is 5.32 Å². The van der Waals surface area contributed by atoms with E-state index in [-0.39, 0.29) is 18.9 Å². The van der Waals surface area contributed by atoms with E-state index in [9.17, 15) is 61.0 Å². The van der Waals surface area contributed by atoms with Crippen LogP contribution in [0.1, 0.15) is 219 Å². The number of rotatable bonds is 54. The van der Waals surface area contributed by atoms with E-state index in [1.54, 1.807) is 6.08 Å². The first-order chi connectivity index (χ1) is 46.3. The van der Waals surface area contributed by atoms with E-state index in [0.29, 0.717) is 12.8 Å². The average Bonchev–Trinajstić information content (AvgIpc) is 0.799. The molecule has 3 rings (SSSR count). The molecule has 19 nitrogen and oxygen atoms in total. The number of aliphatic hydroxyl groups excluding tert-OH is 11. The summed E-state index contributed by atoms with van der Waals surface area (Å²) in [6, 6.07) is -1.00. The second-order valence-corrected chi connectivity index (χ2v) is 25.3. The number of unbranched alkanes of at least 4 members (excludes halogenated alkanes) is 20. The zero-order valence-corrected chi connectivity index (χ0v) is 57.6. The summed E-state index contributed by atoms with van der Waals surface area (Å²) in [6.07, 6.45) is 50.3. The van der Waals surface area contributed by atoms with Crippen molar-refractivity contribution in [2.45, 2.75) is 324 Å². The fourth-order valence-electron chi connectivity index (χ4n) is 11.4. The van der Waals surface area contributed by atoms with Crippen LogP contribution < -0.4 is 5.32 Å². The molecule has 0 aliphatic carbocycles. The van der Waals surface area contributed by atoms with Crippen molar-refractivity contribution >= 4 is 5.91 Å². The standard InChI is InChI=1S/C76H127NO18/c1-3-5-7-9-11-13-15-17-19-20-21-22-23-24-25-26-27-28-29-30-31-32-33-34-35-36-37-38-40-42-44-46-48-50-52-54-64(82)77-59(60(81)53-51-49-47-45-43-41-39-18-16-14-12-10-8-6-4-2)58-90-74-70(88)67(85)72(62(56-79)92-74)95-76-71(89)68(86)73(63(57-80)93-76)94-75-69(87)66(84)65(83)61(55-78)91-75/h5,7,11,13,17,19,21-22,24-25,27-28,30-31,33-34,43,45,51,53,59-63,65-76,78-81,83-89H,3-4,6,8-10,12,14-16,18,20,23,26,29,32,35-42,44,46-50,52,54-58H2,1-2H3,(H,77,82)/b7-5-,13-11-,19-17-,22-21-,25-24-,28-27-,31-30-,34-33-,45-43+,53-51+. The number of allylic oxidation sites excluding steroid dienone is 19. The van der Waals surface area contributed by atoms with Crippen LogP contribution in [0.5, 0.6) is 0 Å². The molecule has 0 radical (unpaired) electrons. The highest BCUT2D eigenvalue weighted by molar-refractivity contribution is 5.76. The zero-order chi connectivity index (χ0) is 68.9. The van der Waals surface area contributed by atoms with Crippen LogP contribution in [0.3, 0.4) is 0 Å². The quantitative estimate of drug-likeness (QED) is 0.0199. The highest BCUT2D eigenvalue weighted by Gasteiger charge is 2.53. The van der Waals surface area contributed by atoms with Gasteiger partial charge in [0, 0.05) is 6.42 Å². The predicted octanol–water partition coefficient (Wildman–Crippen LogP) is 10.4. The Kier molecular flexibility index (Phi) is 50.3. The molecule has 17 atom stereocenters. The molecule has 3 heterocycles. The van der Waals surface area contributed by atoms with Crippen molar-refractivity contribution in [2.24, 2.45) is 0 Å². The van der Waals surface area contributed by atoms with Crippen LogP contribution >= 0.6 is 0 Å². The van der Waals surface area contributed by atoms with Crippen molar-refractivity contribution in [1.29, 1.82) is 0 Å². The minimum Gasteiger partial charge on any atom is -0.394 e. The Hall–Kier alpha value is -3.81. The number of carbonyl (C=O) groups is 1. The summed E-state index contributed by atoms with van der Waals surface area (Å²) < 4.78 is 34.3. The molecule has 3 aliphatic rings. The van der Waals surface area contributed by atoms with Gasteiger partial charge in [0.25, 0.3) is 0 Å². The van der Waals surface area contributed by atoms with Crippen molar-refractivity contribution in [3.63, 3.8) is 0 Å². The lowest BCUT2D eigenvalue weighted by Crippen LogP contribution is -2.66. The lowest BCUT2D eigenvalue weighted by atomic mass is 9.96. The second kappa shape index (κ2) is 56.0. The van der Waals surface area contributed by atoms with E-state index in [1.807, 2.05) is 6.08 Å². The van der Waals surface area contributed by atoms with Crippen LogP contribution in [0.25, 0.3) is 0 Å². The van der Waals surface area contributed by atoms with Gasteiger partial charge in [-0.1, -0.05) is 238 Å². The molecule has 0 saturated carbocycles. The molecule has 17 unspecified atom stereocenters. The Morgan fingerprint density at radius 2 is 0.737 bits per heavy atom. The maximum atomic E-state index is 13.4. The number of carbonyl (C=O) groups excluding carboxylic acids is 1. The molecule has 3 fully saturated rings. The van der Waals surface area contributed by atoms with E-state index in [1.165, 1.54) is 83.5 Å². The van der Waals surface area contributed by atoms with E-state index < -0.39 is 124 Å². The summed E-state index contributed by atoms with van der Waals surface area (Å²) in [5.41, 5.74) is 0. The zero-order valence-electron chi connectivity index (χ0n) is 57.6. The lowest BCUT2D eigenvalue weighted by Gasteiger charge is -2.48. The maximum Gasteiger partial charge on any atom is 0.220 e. The molecule has 19 heteroatoms. The van der Waals surface area contributed by atoms with Gasteiger partial charge in [0.05, 0.1) is 38.6 Å². The van der Waals surface area contributed by atoms with Crippen molar-refractivity contribution in [2.75, 3.05) is 26.4 Å². The third kappa shape index (κ3) is 37.3. The molecular weight excluding hydrogens is 1210 g/mol. The molecular formula is C76H127NO18. The first-order valence-corrected chi connectivity index (χ1v) is 36.3. The Bertz CT molecular complexity index is 2190. The highest BCUT2D eigenvalue weighted by Crippen LogP contribution is 2.33. The van der Waals surface area contributed by atoms with Gasteiger partial charge in [0.2, 0.25) is 5.91 Å². The number of hydrogen-bond donors (Lipinski definition) is 12. The minimum absolute atomic E-state index is 0.222. The summed E-state index contributed by atoms with van der Waals surface area (Å²) in [5, 5.41) is 120. The van der Waals surface area contributed by atoms with E-state index in [2.05, 4.69) is 129 Å². The summed E-state index contributed by atoms with van der Waals surface area (Å²) >= 11 is 0. The monoisotopic (exact) mass is 1340 g/mol. The number of ether oxygens (including phenoxy) is 6. The Morgan fingerprint density at radius 1 is 0.389 bits per heavy atom.